The average Bonchev–Trinajstić information content (AvgIpc) is 3.83. The number of para-hydroxylation sites is 2. The number of furan rings is 1. The lowest BCUT2D eigenvalue weighted by Crippen LogP contribution is -2.15. The minimum atomic E-state index is -0.174. The van der Waals surface area contributed by atoms with Gasteiger partial charge in [-0.15, -0.1) is 0 Å². The highest BCUT2D eigenvalue weighted by molar-refractivity contribution is 6.17. The summed E-state index contributed by atoms with van der Waals surface area (Å²) in [6, 6.07) is 55.1. The molecule has 11 rings (SSSR count). The number of nitrogens with zero attached hydrogens (tertiary/aromatic N) is 4. The Hall–Kier alpha value is -6.85. The van der Waals surface area contributed by atoms with Crippen molar-refractivity contribution in [2.24, 2.45) is 0 Å². The Bertz CT molecular complexity index is 3020. The Labute approximate surface area is 305 Å². The van der Waals surface area contributed by atoms with Crippen molar-refractivity contribution in [2.75, 3.05) is 0 Å². The predicted octanol–water partition coefficient (Wildman–Crippen LogP) is 12.2. The summed E-state index contributed by atoms with van der Waals surface area (Å²) >= 11 is 0. The summed E-state index contributed by atoms with van der Waals surface area (Å²) < 4.78 is 9.10. The summed E-state index contributed by atoms with van der Waals surface area (Å²) in [5.41, 5.74) is 12.8. The lowest BCUT2D eigenvalue weighted by Gasteiger charge is -2.22. The smallest absolute Gasteiger partial charge is 0.164 e. The van der Waals surface area contributed by atoms with E-state index in [1.807, 2.05) is 72.8 Å². The molecule has 0 aliphatic heterocycles. The molecule has 0 spiro atoms. The molecular weight excluding hydrogens is 649 g/mol. The molecular formula is C48H32N4O. The highest BCUT2D eigenvalue weighted by Gasteiger charge is 2.38. The minimum Gasteiger partial charge on any atom is -0.456 e. The van der Waals surface area contributed by atoms with Crippen LogP contribution in [0, 0.1) is 0 Å². The van der Waals surface area contributed by atoms with Crippen LogP contribution in [0.1, 0.15) is 25.0 Å². The fraction of sp³-hybridized carbons (Fsp3) is 0.0625. The Kier molecular flexibility index (Phi) is 6.23. The molecule has 0 unspecified atom stereocenters. The average molecular weight is 681 g/mol. The van der Waals surface area contributed by atoms with Crippen molar-refractivity contribution in [3.63, 3.8) is 0 Å². The molecule has 7 aromatic carbocycles. The molecule has 0 N–H and O–H groups in total. The summed E-state index contributed by atoms with van der Waals surface area (Å²) in [5.74, 6) is 1.82. The molecule has 0 saturated heterocycles. The molecule has 3 heterocycles. The first-order valence-electron chi connectivity index (χ1n) is 18.0. The van der Waals surface area contributed by atoms with Gasteiger partial charge in [0.2, 0.25) is 0 Å². The van der Waals surface area contributed by atoms with Crippen LogP contribution in [-0.2, 0) is 5.41 Å². The molecule has 0 saturated carbocycles. The van der Waals surface area contributed by atoms with E-state index in [4.69, 9.17) is 19.4 Å². The molecule has 1 aliphatic carbocycles. The van der Waals surface area contributed by atoms with Gasteiger partial charge in [0.15, 0.2) is 17.5 Å². The van der Waals surface area contributed by atoms with E-state index in [9.17, 15) is 0 Å². The van der Waals surface area contributed by atoms with Crippen molar-refractivity contribution in [1.29, 1.82) is 0 Å². The van der Waals surface area contributed by atoms with Gasteiger partial charge in [0, 0.05) is 38.3 Å². The number of fused-ring (bicyclic) bond motifs is 10. The van der Waals surface area contributed by atoms with Crippen LogP contribution in [0.4, 0.5) is 0 Å². The molecule has 5 nitrogen and oxygen atoms in total. The molecule has 53 heavy (non-hydrogen) atoms. The maximum atomic E-state index is 6.67. The van der Waals surface area contributed by atoms with Gasteiger partial charge in [0.1, 0.15) is 11.2 Å². The van der Waals surface area contributed by atoms with E-state index in [0.717, 1.165) is 55.3 Å². The lowest BCUT2D eigenvalue weighted by molar-refractivity contribution is 0.666. The van der Waals surface area contributed by atoms with Crippen molar-refractivity contribution in [1.82, 2.24) is 19.5 Å². The monoisotopic (exact) mass is 680 g/mol. The van der Waals surface area contributed by atoms with Crippen LogP contribution in [0.15, 0.2) is 162 Å². The Morgan fingerprint density at radius 3 is 1.81 bits per heavy atom. The standard InChI is InChI=1S/C48H32N4O/c1-48(2)36-22-12-9-19-32(36)33-25-26-38-43(44(33)48)34-20-10-13-23-37(34)52(38)39-27-31(28-41-42(39)35-21-11-14-24-40(35)53-41)47-50-45(29-15-5-3-6-16-29)49-46(51-47)30-17-7-4-8-18-30/h3-28H,1-2H3. The van der Waals surface area contributed by atoms with Crippen LogP contribution in [0.5, 0.6) is 0 Å². The zero-order chi connectivity index (χ0) is 35.3. The molecule has 0 bridgehead atoms. The van der Waals surface area contributed by atoms with Gasteiger partial charge in [-0.3, -0.25) is 0 Å². The largest absolute Gasteiger partial charge is 0.456 e. The summed E-state index contributed by atoms with van der Waals surface area (Å²) in [4.78, 5) is 15.2. The Morgan fingerprint density at radius 2 is 1.08 bits per heavy atom. The Balaban J connectivity index is 1.25. The summed E-state index contributed by atoms with van der Waals surface area (Å²) in [6.45, 7) is 4.72. The second-order valence-corrected chi connectivity index (χ2v) is 14.4. The van der Waals surface area contributed by atoms with Crippen LogP contribution in [0.3, 0.4) is 0 Å². The van der Waals surface area contributed by atoms with E-state index < -0.39 is 0 Å². The molecule has 1 aliphatic rings. The number of benzene rings is 7. The van der Waals surface area contributed by atoms with Gasteiger partial charge in [-0.2, -0.15) is 0 Å². The van der Waals surface area contributed by atoms with Crippen LogP contribution in [0.25, 0.3) is 94.7 Å². The first-order valence-corrected chi connectivity index (χ1v) is 18.0. The van der Waals surface area contributed by atoms with E-state index in [1.54, 1.807) is 0 Å². The second kappa shape index (κ2) is 11.1. The highest BCUT2D eigenvalue weighted by Crippen LogP contribution is 2.53. The van der Waals surface area contributed by atoms with Crippen molar-refractivity contribution in [2.45, 2.75) is 19.3 Å². The van der Waals surface area contributed by atoms with Crippen molar-refractivity contribution in [3.05, 3.63) is 169 Å². The van der Waals surface area contributed by atoms with Gasteiger partial charge >= 0.3 is 0 Å². The molecule has 3 aromatic heterocycles. The third kappa shape index (κ3) is 4.34. The highest BCUT2D eigenvalue weighted by atomic mass is 16.3. The maximum Gasteiger partial charge on any atom is 0.164 e. The van der Waals surface area contributed by atoms with Gasteiger partial charge in [0.25, 0.3) is 0 Å². The maximum absolute atomic E-state index is 6.67. The van der Waals surface area contributed by atoms with Crippen LogP contribution in [0.2, 0.25) is 0 Å². The summed E-state index contributed by atoms with van der Waals surface area (Å²) in [7, 11) is 0. The van der Waals surface area contributed by atoms with Crippen LogP contribution >= 0.6 is 0 Å². The third-order valence-corrected chi connectivity index (χ3v) is 11.0. The van der Waals surface area contributed by atoms with Crippen LogP contribution < -0.4 is 0 Å². The SMILES string of the molecule is CC1(C)c2ccccc2-c2ccc3c(c21)c1ccccc1n3-c1cc(-c2nc(-c3ccccc3)nc(-c3ccccc3)n2)cc2oc3ccccc3c12. The van der Waals surface area contributed by atoms with Crippen molar-refractivity contribution >= 4 is 43.7 Å². The van der Waals surface area contributed by atoms with E-state index in [2.05, 4.69) is 103 Å². The van der Waals surface area contributed by atoms with Crippen molar-refractivity contribution in [3.8, 4) is 51.0 Å². The normalized spacial score (nSPS) is 13.2. The van der Waals surface area contributed by atoms with E-state index in [0.29, 0.717) is 17.5 Å². The number of hydrogen-bond acceptors (Lipinski definition) is 4. The molecule has 0 fully saturated rings. The molecule has 0 amide bonds. The molecule has 5 heteroatoms. The number of rotatable bonds is 4. The number of hydrogen-bond donors (Lipinski definition) is 0. The fourth-order valence-corrected chi connectivity index (χ4v) is 8.67. The lowest BCUT2D eigenvalue weighted by atomic mass is 9.80. The minimum absolute atomic E-state index is 0.174. The zero-order valence-electron chi connectivity index (χ0n) is 29.2. The number of aromatic nitrogens is 4. The summed E-state index contributed by atoms with van der Waals surface area (Å²) in [6.07, 6.45) is 0. The first-order chi connectivity index (χ1) is 26.0. The van der Waals surface area contributed by atoms with E-state index in [1.165, 1.54) is 33.0 Å². The molecule has 10 aromatic rings. The van der Waals surface area contributed by atoms with Gasteiger partial charge < -0.3 is 8.98 Å². The molecule has 0 radical (unpaired) electrons. The van der Waals surface area contributed by atoms with Gasteiger partial charge in [0.05, 0.1) is 22.1 Å². The van der Waals surface area contributed by atoms with Crippen LogP contribution in [-0.4, -0.2) is 19.5 Å². The van der Waals surface area contributed by atoms with Crippen molar-refractivity contribution < 1.29 is 4.42 Å². The quantitative estimate of drug-likeness (QED) is 0.186. The molecule has 250 valence electrons. The van der Waals surface area contributed by atoms with E-state index >= 15 is 0 Å². The second-order valence-electron chi connectivity index (χ2n) is 14.4. The fourth-order valence-electron chi connectivity index (χ4n) is 8.67. The van der Waals surface area contributed by atoms with E-state index in [-0.39, 0.29) is 5.41 Å². The Morgan fingerprint density at radius 1 is 0.472 bits per heavy atom. The van der Waals surface area contributed by atoms with Gasteiger partial charge in [-0.1, -0.05) is 141 Å². The molecule has 0 atom stereocenters. The first kappa shape index (κ1) is 29.8. The van der Waals surface area contributed by atoms with Gasteiger partial charge in [-0.05, 0) is 52.6 Å². The summed E-state index contributed by atoms with van der Waals surface area (Å²) in [5, 5.41) is 4.62. The third-order valence-electron chi connectivity index (χ3n) is 11.0. The topological polar surface area (TPSA) is 56.7 Å². The zero-order valence-corrected chi connectivity index (χ0v) is 29.2. The predicted molar refractivity (Wildman–Crippen MR) is 215 cm³/mol. The van der Waals surface area contributed by atoms with Gasteiger partial charge in [-0.25, -0.2) is 15.0 Å².